The Bertz CT molecular complexity index is 2320. The van der Waals surface area contributed by atoms with E-state index in [-0.39, 0.29) is 53.4 Å². The van der Waals surface area contributed by atoms with Crippen LogP contribution in [-0.2, 0) is 62.5 Å². The molecule has 0 amide bonds. The van der Waals surface area contributed by atoms with Crippen LogP contribution in [0.2, 0.25) is 48.4 Å². The van der Waals surface area contributed by atoms with Crippen LogP contribution in [0.4, 0.5) is 0 Å². The molecule has 2 aromatic rings. The molecule has 2 aromatic carbocycles. The van der Waals surface area contributed by atoms with Gasteiger partial charge >= 0.3 is 114 Å². The molecule has 10 aliphatic carbocycles. The zero-order valence-electron chi connectivity index (χ0n) is 59.7. The van der Waals surface area contributed by atoms with E-state index < -0.39 is 78.7 Å². The molecule has 518 valence electrons. The van der Waals surface area contributed by atoms with Crippen molar-refractivity contribution < 1.29 is 64.0 Å². The number of rotatable bonds is 12. The fraction of sp³-hybridized carbons (Fsp3) is 0.580. The SMILES string of the molecule is C.CC1CC2C(c3ccccc3)=CC=CC2C1[Si](C)(C)C1C(C)CC2C(c3ccccc3)=CC=CC21.CC1CC2C=CC=CC2C1[Si](C)(C)C1C(C)CC2C=CC=CC21.CCCCC1CCCC1.CCCCC1CCCC1.[2HH].[CH3-].[CH3-].[CH3-].[CH3-].[CH3-].[CH3-].[Cl][Zr+2][Cl].[Cl][Zr+2][Cl].[Cl][Zr+2][Cl]. The van der Waals surface area contributed by atoms with Crippen LogP contribution in [-0.4, -0.2) is 16.1 Å². The summed E-state index contributed by atoms with van der Waals surface area (Å²) in [6.45, 7) is 25.8. The molecule has 0 heterocycles. The van der Waals surface area contributed by atoms with Gasteiger partial charge in [0.1, 0.15) is 0 Å². The first-order chi connectivity index (χ1) is 41.1. The topological polar surface area (TPSA) is 0 Å². The number of hydrogen-bond acceptors (Lipinski definition) is 0. The molecule has 0 radical (unpaired) electrons. The van der Waals surface area contributed by atoms with Crippen LogP contribution in [0.1, 0.15) is 177 Å². The van der Waals surface area contributed by atoms with Crippen molar-refractivity contribution >= 4 is 78.4 Å². The van der Waals surface area contributed by atoms with Gasteiger partial charge in [-0.1, -0.05) is 311 Å². The zero-order valence-corrected chi connectivity index (χ0v) is 73.7. The number of halogens is 6. The molecule has 11 heteroatoms. The van der Waals surface area contributed by atoms with Crippen molar-refractivity contribution in [1.82, 2.24) is 0 Å². The summed E-state index contributed by atoms with van der Waals surface area (Å²) >= 11 is -2.48. The van der Waals surface area contributed by atoms with Crippen LogP contribution in [0.5, 0.6) is 0 Å². The maximum absolute atomic E-state index is 4.93. The van der Waals surface area contributed by atoms with E-state index >= 15 is 0 Å². The van der Waals surface area contributed by atoms with Crippen molar-refractivity contribution in [2.24, 2.45) is 82.9 Å². The molecule has 0 saturated heterocycles. The maximum atomic E-state index is 4.93. The van der Waals surface area contributed by atoms with Gasteiger partial charge in [-0.05, 0) is 153 Å². The summed E-state index contributed by atoms with van der Waals surface area (Å²) in [5, 5.41) is 0. The van der Waals surface area contributed by atoms with E-state index in [4.69, 9.17) is 51.1 Å². The standard InChI is InChI=1S/C34H40Si.C22H32Si.2C9H18.CH4.6CH3.6ClH.3Zr.H2/c1-23-21-31-27(25-13-7-5-8-14-25)17-11-19-29(31)33(23)35(3,4)34-24(2)22-32-28(18-12-20-30(32)34)26-15-9-6-10-16-26;1-15-13-17-9-5-7-11-19(17)21(15)23(3,4)22-16(2)14-18-10-6-8-12-20(18)22;2*1-2-3-6-9-7-4-5-8-9;;;;;;;;;;;;;;;;;/h5-20,23-24,29-34H,21-22H2,1-4H3;5-12,15-22H,13-14H2,1-4H3;2*9H,2-8H2,1H3;1H4;6*1H3;6*1H;;;;1H/q;;;;;6*-1;;;;;;;3*+4;/p-6/i;;;;;;;;;;;;;;;;;;;;1+1. The summed E-state index contributed by atoms with van der Waals surface area (Å²) in [4.78, 5) is 0. The van der Waals surface area contributed by atoms with E-state index in [1.165, 1.54) is 127 Å². The van der Waals surface area contributed by atoms with Crippen LogP contribution >= 0.6 is 51.1 Å². The molecule has 0 aromatic heterocycles. The first kappa shape index (κ1) is 95.2. The summed E-state index contributed by atoms with van der Waals surface area (Å²) in [6, 6.07) is 22.3. The average molecular weight is 1650 g/mol. The van der Waals surface area contributed by atoms with Crippen molar-refractivity contribution in [3.8, 4) is 0 Å². The third kappa shape index (κ3) is 25.9. The van der Waals surface area contributed by atoms with Crippen LogP contribution in [0.15, 0.2) is 146 Å². The van der Waals surface area contributed by atoms with E-state index in [1.54, 1.807) is 11.1 Å². The van der Waals surface area contributed by atoms with E-state index in [0.717, 1.165) is 81.3 Å². The van der Waals surface area contributed by atoms with Crippen molar-refractivity contribution in [2.75, 3.05) is 0 Å². The first-order valence-electron chi connectivity index (χ1n) is 33.5. The summed E-state index contributed by atoms with van der Waals surface area (Å²) in [5.41, 5.74) is 9.65. The third-order valence-electron chi connectivity index (χ3n) is 22.7. The number of hydrogen-bond donors (Lipinski definition) is 0. The zero-order chi connectivity index (χ0) is 61.5. The van der Waals surface area contributed by atoms with E-state index in [2.05, 4.69) is 213 Å². The summed E-state index contributed by atoms with van der Waals surface area (Å²) in [7, 11) is 26.7. The molecule has 12 rings (SSSR count). The molecule has 6 fully saturated rings. The van der Waals surface area contributed by atoms with Crippen molar-refractivity contribution in [1.29, 1.82) is 0 Å². The van der Waals surface area contributed by atoms with Gasteiger partial charge in [0, 0.05) is 1.43 Å². The molecule has 10 aliphatic rings. The van der Waals surface area contributed by atoms with Gasteiger partial charge in [-0.25, -0.2) is 0 Å². The Morgan fingerprint density at radius 3 is 0.978 bits per heavy atom. The van der Waals surface area contributed by atoms with Gasteiger partial charge in [0.05, 0.1) is 16.1 Å². The average Bonchev–Trinajstić information content (AvgIpc) is 1.58. The number of allylic oxidation sites excluding steroid dienone is 16. The molecule has 0 spiro atoms. The van der Waals surface area contributed by atoms with Crippen LogP contribution in [0.3, 0.4) is 0 Å². The third-order valence-corrected chi connectivity index (χ3v) is 33.4. The van der Waals surface area contributed by atoms with Crippen molar-refractivity contribution in [3.05, 3.63) is 201 Å². The summed E-state index contributed by atoms with van der Waals surface area (Å²) < 4.78 is 0. The van der Waals surface area contributed by atoms with Crippen LogP contribution in [0, 0.1) is 127 Å². The molecule has 6 saturated carbocycles. The molecule has 16 unspecified atom stereocenters. The molecular weight excluding hydrogens is 1520 g/mol. The second kappa shape index (κ2) is 49.7. The Hall–Kier alpha value is 1.18. The fourth-order valence-electron chi connectivity index (χ4n) is 20.0. The summed E-state index contributed by atoms with van der Waals surface area (Å²) in [5.74, 6) is 11.7. The number of unbranched alkanes of at least 4 members (excludes halogenated alkanes) is 2. The van der Waals surface area contributed by atoms with Crippen molar-refractivity contribution in [2.45, 2.75) is 213 Å². The van der Waals surface area contributed by atoms with E-state index in [9.17, 15) is 0 Å². The van der Waals surface area contributed by atoms with Crippen LogP contribution < -0.4 is 0 Å². The van der Waals surface area contributed by atoms with Gasteiger partial charge < -0.3 is 44.6 Å². The monoisotopic (exact) mass is 1640 g/mol. The minimum atomic E-state index is -1.60. The normalized spacial score (nSPS) is 30.0. The second-order valence-electron chi connectivity index (χ2n) is 28.5. The molecule has 0 nitrogen and oxygen atoms in total. The molecule has 92 heavy (non-hydrogen) atoms. The molecular formula is C81H132Cl6Si2Zr3. The molecule has 0 N–H and O–H groups in total. The fourth-order valence-corrected chi connectivity index (χ4v) is 32.7. The number of fused-ring (bicyclic) bond motifs is 4. The van der Waals surface area contributed by atoms with Gasteiger partial charge in [-0.2, -0.15) is 0 Å². The Balaban J connectivity index is -0.00000121. The van der Waals surface area contributed by atoms with Gasteiger partial charge in [0.25, 0.3) is 0 Å². The Labute approximate surface area is 632 Å². The number of benzene rings is 2. The predicted octanol–water partition coefficient (Wildman–Crippen LogP) is 30.0. The molecule has 0 bridgehead atoms. The first-order valence-corrected chi connectivity index (χ1v) is 58.8. The van der Waals surface area contributed by atoms with Gasteiger partial charge in [-0.3, -0.25) is 0 Å². The van der Waals surface area contributed by atoms with Crippen molar-refractivity contribution in [3.63, 3.8) is 0 Å². The van der Waals surface area contributed by atoms with Gasteiger partial charge in [0.2, 0.25) is 0 Å². The van der Waals surface area contributed by atoms with E-state index in [0.29, 0.717) is 23.7 Å². The Kier molecular flexibility index (Phi) is 51.4. The predicted molar refractivity (Wildman–Crippen MR) is 422 cm³/mol. The second-order valence-corrected chi connectivity index (χ2v) is 49.7. The molecule has 0 aliphatic heterocycles. The quantitative estimate of drug-likeness (QED) is 0.147. The van der Waals surface area contributed by atoms with E-state index in [1.807, 2.05) is 0 Å². The minimum absolute atomic E-state index is 0. The van der Waals surface area contributed by atoms with Gasteiger partial charge in [0.15, 0.2) is 0 Å². The van der Waals surface area contributed by atoms with Crippen LogP contribution in [0.25, 0.3) is 11.1 Å². The molecule has 16 atom stereocenters. The Morgan fingerprint density at radius 1 is 0.402 bits per heavy atom. The summed E-state index contributed by atoms with van der Waals surface area (Å²) in [6.07, 6.45) is 60.5. The van der Waals surface area contributed by atoms with Gasteiger partial charge in [-0.15, -0.1) is 0 Å². The Morgan fingerprint density at radius 2 is 0.674 bits per heavy atom.